The molecule has 2 fully saturated rings. The van der Waals surface area contributed by atoms with Crippen LogP contribution in [0, 0.1) is 5.92 Å². The molecule has 2 aliphatic rings. The summed E-state index contributed by atoms with van der Waals surface area (Å²) in [7, 11) is 1.57. The number of nitrogens with zero attached hydrogens (tertiary/aromatic N) is 2. The molecule has 2 heterocycles. The lowest BCUT2D eigenvalue weighted by Crippen LogP contribution is -2.45. The van der Waals surface area contributed by atoms with Gasteiger partial charge in [0.15, 0.2) is 0 Å². The van der Waals surface area contributed by atoms with E-state index in [-0.39, 0.29) is 11.8 Å². The highest BCUT2D eigenvalue weighted by Gasteiger charge is 2.25. The molecular weight excluding hydrogens is 402 g/mol. The van der Waals surface area contributed by atoms with Crippen molar-refractivity contribution < 1.29 is 14.3 Å². The number of ether oxygens (including phenoxy) is 1. The minimum atomic E-state index is -0.0522. The third kappa shape index (κ3) is 6.88. The van der Waals surface area contributed by atoms with E-state index in [9.17, 15) is 9.59 Å². The average molecular weight is 436 g/mol. The SMILES string of the molecule is COc1ccc(Cl)cc1NC(=O)CC[C@H]1CCCN(C(=O)CN2CCCCCC2)C1. The molecule has 7 heteroatoms. The van der Waals surface area contributed by atoms with E-state index in [1.165, 1.54) is 25.7 Å². The second-order valence-corrected chi connectivity index (χ2v) is 8.91. The predicted octanol–water partition coefficient (Wildman–Crippen LogP) is 4.18. The molecule has 0 radical (unpaired) electrons. The van der Waals surface area contributed by atoms with Crippen LogP contribution in [0.1, 0.15) is 51.4 Å². The molecule has 0 aromatic heterocycles. The van der Waals surface area contributed by atoms with E-state index in [2.05, 4.69) is 10.2 Å². The van der Waals surface area contributed by atoms with Crippen LogP contribution >= 0.6 is 11.6 Å². The summed E-state index contributed by atoms with van der Waals surface area (Å²) >= 11 is 6.03. The quantitative estimate of drug-likeness (QED) is 0.697. The van der Waals surface area contributed by atoms with Crippen LogP contribution in [-0.4, -0.2) is 61.4 Å². The minimum absolute atomic E-state index is 0.0522. The Morgan fingerprint density at radius 2 is 1.90 bits per heavy atom. The Hall–Kier alpha value is -1.79. The molecule has 0 aliphatic carbocycles. The second-order valence-electron chi connectivity index (χ2n) is 8.47. The Balaban J connectivity index is 1.45. The van der Waals surface area contributed by atoms with Gasteiger partial charge in [-0.05, 0) is 69.3 Å². The molecular formula is C23H34ClN3O3. The third-order valence-corrected chi connectivity index (χ3v) is 6.38. The van der Waals surface area contributed by atoms with Crippen molar-refractivity contribution in [1.29, 1.82) is 0 Å². The van der Waals surface area contributed by atoms with Crippen molar-refractivity contribution in [3.63, 3.8) is 0 Å². The normalized spacial score (nSPS) is 20.5. The average Bonchev–Trinajstić information content (AvgIpc) is 3.01. The topological polar surface area (TPSA) is 61.9 Å². The Bertz CT molecular complexity index is 720. The first kappa shape index (κ1) is 22.9. The zero-order valence-corrected chi connectivity index (χ0v) is 18.8. The van der Waals surface area contributed by atoms with Crippen LogP contribution in [0.2, 0.25) is 5.02 Å². The molecule has 1 atom stereocenters. The van der Waals surface area contributed by atoms with Crippen LogP contribution in [0.4, 0.5) is 5.69 Å². The summed E-state index contributed by atoms with van der Waals surface area (Å²) in [5.74, 6) is 1.16. The van der Waals surface area contributed by atoms with E-state index in [1.807, 2.05) is 4.90 Å². The van der Waals surface area contributed by atoms with E-state index >= 15 is 0 Å². The number of hydrogen-bond acceptors (Lipinski definition) is 4. The number of amides is 2. The van der Waals surface area contributed by atoms with Gasteiger partial charge in [0.05, 0.1) is 19.3 Å². The number of methoxy groups -OCH3 is 1. The number of hydrogen-bond donors (Lipinski definition) is 1. The second kappa shape index (κ2) is 11.6. The van der Waals surface area contributed by atoms with E-state index in [1.54, 1.807) is 25.3 Å². The number of piperidine rings is 1. The smallest absolute Gasteiger partial charge is 0.236 e. The first-order valence-corrected chi connectivity index (χ1v) is 11.6. The van der Waals surface area contributed by atoms with Gasteiger partial charge in [-0.2, -0.15) is 0 Å². The van der Waals surface area contributed by atoms with Crippen molar-refractivity contribution in [3.05, 3.63) is 23.2 Å². The van der Waals surface area contributed by atoms with Gasteiger partial charge in [0.1, 0.15) is 5.75 Å². The molecule has 1 N–H and O–H groups in total. The Labute approximate surface area is 184 Å². The number of anilines is 1. The lowest BCUT2D eigenvalue weighted by Gasteiger charge is -2.34. The van der Waals surface area contributed by atoms with Crippen LogP contribution in [0.25, 0.3) is 0 Å². The lowest BCUT2D eigenvalue weighted by molar-refractivity contribution is -0.134. The Morgan fingerprint density at radius 3 is 2.63 bits per heavy atom. The van der Waals surface area contributed by atoms with Gasteiger partial charge in [-0.3, -0.25) is 14.5 Å². The molecule has 0 unspecified atom stereocenters. The summed E-state index contributed by atoms with van der Waals surface area (Å²) in [4.78, 5) is 29.6. The molecule has 1 aromatic carbocycles. The number of halogens is 1. The highest BCUT2D eigenvalue weighted by molar-refractivity contribution is 6.31. The molecule has 0 spiro atoms. The highest BCUT2D eigenvalue weighted by Crippen LogP contribution is 2.28. The van der Waals surface area contributed by atoms with Crippen LogP contribution in [0.15, 0.2) is 18.2 Å². The number of rotatable bonds is 7. The summed E-state index contributed by atoms with van der Waals surface area (Å²) in [5, 5.41) is 3.45. The van der Waals surface area contributed by atoms with Gasteiger partial charge in [-0.15, -0.1) is 0 Å². The summed E-state index contributed by atoms with van der Waals surface area (Å²) in [6, 6.07) is 5.17. The largest absolute Gasteiger partial charge is 0.495 e. The molecule has 0 bridgehead atoms. The fraction of sp³-hybridized carbons (Fsp3) is 0.652. The van der Waals surface area contributed by atoms with E-state index in [0.29, 0.717) is 35.3 Å². The first-order valence-electron chi connectivity index (χ1n) is 11.2. The van der Waals surface area contributed by atoms with Crippen LogP contribution < -0.4 is 10.1 Å². The zero-order valence-electron chi connectivity index (χ0n) is 18.0. The van der Waals surface area contributed by atoms with Crippen LogP contribution in [0.5, 0.6) is 5.75 Å². The fourth-order valence-electron chi connectivity index (χ4n) is 4.44. The van der Waals surface area contributed by atoms with Gasteiger partial charge in [0, 0.05) is 24.5 Å². The van der Waals surface area contributed by atoms with Gasteiger partial charge in [-0.25, -0.2) is 0 Å². The van der Waals surface area contributed by atoms with Gasteiger partial charge in [0.2, 0.25) is 11.8 Å². The summed E-state index contributed by atoms with van der Waals surface area (Å²) in [6.07, 6.45) is 8.24. The van der Waals surface area contributed by atoms with Crippen molar-refractivity contribution in [2.75, 3.05) is 45.2 Å². The van der Waals surface area contributed by atoms with E-state index in [4.69, 9.17) is 16.3 Å². The van der Waals surface area contributed by atoms with Crippen LogP contribution in [0.3, 0.4) is 0 Å². The van der Waals surface area contributed by atoms with Crippen LogP contribution in [-0.2, 0) is 9.59 Å². The predicted molar refractivity (Wildman–Crippen MR) is 120 cm³/mol. The Morgan fingerprint density at radius 1 is 1.13 bits per heavy atom. The number of carbonyl (C=O) groups is 2. The molecule has 6 nitrogen and oxygen atoms in total. The maximum absolute atomic E-state index is 12.8. The molecule has 2 aliphatic heterocycles. The maximum Gasteiger partial charge on any atom is 0.236 e. The number of carbonyl (C=O) groups excluding carboxylic acids is 2. The van der Waals surface area contributed by atoms with Crippen molar-refractivity contribution in [2.45, 2.75) is 51.4 Å². The zero-order chi connectivity index (χ0) is 21.3. The molecule has 3 rings (SSSR count). The molecule has 2 amide bonds. The van der Waals surface area contributed by atoms with Gasteiger partial charge >= 0.3 is 0 Å². The standard InChI is InChI=1S/C23H34ClN3O3/c1-30-21-10-9-19(24)15-20(21)25-22(28)11-8-18-7-6-14-27(16-18)23(29)17-26-12-4-2-3-5-13-26/h9-10,15,18H,2-8,11-14,16-17H2,1H3,(H,25,28)/t18-/m1/s1. The first-order chi connectivity index (χ1) is 14.5. The number of nitrogens with one attached hydrogen (secondary N) is 1. The van der Waals surface area contributed by atoms with Crippen molar-refractivity contribution >= 4 is 29.1 Å². The van der Waals surface area contributed by atoms with E-state index in [0.717, 1.165) is 45.4 Å². The monoisotopic (exact) mass is 435 g/mol. The molecule has 2 saturated heterocycles. The van der Waals surface area contributed by atoms with Gasteiger partial charge in [0.25, 0.3) is 0 Å². The van der Waals surface area contributed by atoms with E-state index < -0.39 is 0 Å². The Kier molecular flexibility index (Phi) is 8.82. The molecule has 0 saturated carbocycles. The molecule has 166 valence electrons. The third-order valence-electron chi connectivity index (χ3n) is 6.14. The minimum Gasteiger partial charge on any atom is -0.495 e. The molecule has 30 heavy (non-hydrogen) atoms. The lowest BCUT2D eigenvalue weighted by atomic mass is 9.93. The highest BCUT2D eigenvalue weighted by atomic mass is 35.5. The van der Waals surface area contributed by atoms with Crippen molar-refractivity contribution in [1.82, 2.24) is 9.80 Å². The van der Waals surface area contributed by atoms with Gasteiger partial charge < -0.3 is 15.0 Å². The summed E-state index contributed by atoms with van der Waals surface area (Å²) in [5.41, 5.74) is 0.591. The number of benzene rings is 1. The number of likely N-dealkylation sites (tertiary alicyclic amines) is 2. The fourth-order valence-corrected chi connectivity index (χ4v) is 4.61. The van der Waals surface area contributed by atoms with Crippen molar-refractivity contribution in [2.24, 2.45) is 5.92 Å². The van der Waals surface area contributed by atoms with Gasteiger partial charge in [-0.1, -0.05) is 24.4 Å². The molecule has 1 aromatic rings. The summed E-state index contributed by atoms with van der Waals surface area (Å²) < 4.78 is 5.28. The maximum atomic E-state index is 12.8. The van der Waals surface area contributed by atoms with Crippen molar-refractivity contribution in [3.8, 4) is 5.75 Å². The summed E-state index contributed by atoms with van der Waals surface area (Å²) in [6.45, 7) is 4.23.